The maximum Gasteiger partial charge on any atom is 0.115 e. The monoisotopic (exact) mass is 414 g/mol. The van der Waals surface area contributed by atoms with Gasteiger partial charge in [-0.15, -0.1) is 0 Å². The third-order valence-electron chi connectivity index (χ3n) is 5.29. The molecule has 158 valence electrons. The summed E-state index contributed by atoms with van der Waals surface area (Å²) >= 11 is 0. The van der Waals surface area contributed by atoms with Crippen LogP contribution in [-0.4, -0.2) is 46.9 Å². The summed E-state index contributed by atoms with van der Waals surface area (Å²) in [5.74, 6) is 0. The lowest BCUT2D eigenvalue weighted by atomic mass is 9.98. The molecule has 0 amide bonds. The number of morpholine rings is 1. The second-order valence-electron chi connectivity index (χ2n) is 7.54. The summed E-state index contributed by atoms with van der Waals surface area (Å²) < 4.78 is 5.42. The molecule has 0 saturated carbocycles. The van der Waals surface area contributed by atoms with Crippen molar-refractivity contribution >= 4 is 17.5 Å². The van der Waals surface area contributed by atoms with E-state index >= 15 is 0 Å². The lowest BCUT2D eigenvalue weighted by Crippen LogP contribution is -2.35. The first-order valence-electron chi connectivity index (χ1n) is 10.2. The minimum Gasteiger partial charge on any atom is -0.398 e. The van der Waals surface area contributed by atoms with Crippen molar-refractivity contribution in [3.63, 3.8) is 0 Å². The molecule has 0 bridgehead atoms. The fraction of sp³-hybridized carbons (Fsp3) is 0.208. The van der Waals surface area contributed by atoms with E-state index in [1.54, 1.807) is 18.5 Å². The summed E-state index contributed by atoms with van der Waals surface area (Å²) in [5, 5.41) is 8.62. The molecule has 7 nitrogen and oxygen atoms in total. The minimum absolute atomic E-state index is 0.190. The van der Waals surface area contributed by atoms with Gasteiger partial charge >= 0.3 is 0 Å². The van der Waals surface area contributed by atoms with E-state index in [1.165, 1.54) is 11.9 Å². The van der Waals surface area contributed by atoms with Crippen LogP contribution in [0.2, 0.25) is 0 Å². The molecule has 31 heavy (non-hydrogen) atoms. The molecule has 7 heteroatoms. The molecular weight excluding hydrogens is 388 g/mol. The lowest BCUT2D eigenvalue weighted by Gasteiger charge is -2.26. The number of nitrogens with one attached hydrogen (secondary N) is 1. The van der Waals surface area contributed by atoms with Crippen molar-refractivity contribution in [1.29, 1.82) is 5.41 Å². The molecule has 0 atom stereocenters. The van der Waals surface area contributed by atoms with Crippen molar-refractivity contribution < 1.29 is 4.74 Å². The SMILES string of the molecule is N=C(/C(N)=C/c1cccc(CN2CCOCC2)c1)c1cc(-c2cncnc2)ccc1N. The molecule has 0 radical (unpaired) electrons. The standard InChI is InChI=1S/C24H26N6O/c25-22-5-4-19(20-13-28-16-29-14-20)12-21(22)24(27)23(26)11-17-2-1-3-18(10-17)15-30-6-8-31-9-7-30/h1-5,10-14,16,27H,6-9,15,25-26H2/b23-11-,27-24?. The Labute approximate surface area is 181 Å². The fourth-order valence-corrected chi connectivity index (χ4v) is 3.61. The van der Waals surface area contributed by atoms with Crippen molar-refractivity contribution in [2.24, 2.45) is 5.73 Å². The number of allylic oxidation sites excluding steroid dienone is 1. The van der Waals surface area contributed by atoms with E-state index in [-0.39, 0.29) is 5.71 Å². The Morgan fingerprint density at radius 3 is 2.61 bits per heavy atom. The van der Waals surface area contributed by atoms with E-state index < -0.39 is 0 Å². The third-order valence-corrected chi connectivity index (χ3v) is 5.29. The van der Waals surface area contributed by atoms with Crippen molar-refractivity contribution in [1.82, 2.24) is 14.9 Å². The number of benzene rings is 2. The number of hydrogen-bond donors (Lipinski definition) is 3. The van der Waals surface area contributed by atoms with Gasteiger partial charge in [-0.1, -0.05) is 30.3 Å². The first kappa shape index (κ1) is 20.7. The van der Waals surface area contributed by atoms with Crippen LogP contribution in [0.15, 0.2) is 66.9 Å². The highest BCUT2D eigenvalue weighted by atomic mass is 16.5. The molecule has 1 saturated heterocycles. The van der Waals surface area contributed by atoms with Gasteiger partial charge in [0, 0.05) is 48.8 Å². The van der Waals surface area contributed by atoms with Crippen molar-refractivity contribution in [2.75, 3.05) is 32.0 Å². The van der Waals surface area contributed by atoms with Crippen LogP contribution in [-0.2, 0) is 11.3 Å². The predicted octanol–water partition coefficient (Wildman–Crippen LogP) is 2.93. The van der Waals surface area contributed by atoms with Gasteiger partial charge < -0.3 is 16.2 Å². The van der Waals surface area contributed by atoms with E-state index in [4.69, 9.17) is 21.6 Å². The van der Waals surface area contributed by atoms with Crippen LogP contribution in [0.3, 0.4) is 0 Å². The topological polar surface area (TPSA) is 114 Å². The number of ether oxygens (including phenoxy) is 1. The summed E-state index contributed by atoms with van der Waals surface area (Å²) in [4.78, 5) is 10.5. The van der Waals surface area contributed by atoms with Crippen LogP contribution in [0, 0.1) is 5.41 Å². The lowest BCUT2D eigenvalue weighted by molar-refractivity contribution is 0.0342. The highest BCUT2D eigenvalue weighted by molar-refractivity contribution is 6.15. The van der Waals surface area contributed by atoms with Gasteiger partial charge in [0.2, 0.25) is 0 Å². The molecule has 1 aliphatic rings. The molecule has 2 heterocycles. The van der Waals surface area contributed by atoms with Gasteiger partial charge in [0.05, 0.1) is 24.6 Å². The Hall–Kier alpha value is -3.55. The molecule has 4 rings (SSSR count). The van der Waals surface area contributed by atoms with Crippen molar-refractivity contribution in [2.45, 2.75) is 6.54 Å². The van der Waals surface area contributed by atoms with Gasteiger partial charge in [0.25, 0.3) is 0 Å². The molecule has 1 aromatic heterocycles. The summed E-state index contributed by atoms with van der Waals surface area (Å²) in [7, 11) is 0. The number of hydrogen-bond acceptors (Lipinski definition) is 7. The largest absolute Gasteiger partial charge is 0.398 e. The number of anilines is 1. The summed E-state index contributed by atoms with van der Waals surface area (Å²) in [6.45, 7) is 4.30. The molecule has 1 aliphatic heterocycles. The number of nitrogen functional groups attached to an aromatic ring is 1. The quantitative estimate of drug-likeness (QED) is 0.422. The van der Waals surface area contributed by atoms with Crippen LogP contribution >= 0.6 is 0 Å². The second-order valence-corrected chi connectivity index (χ2v) is 7.54. The van der Waals surface area contributed by atoms with Gasteiger partial charge in [-0.2, -0.15) is 0 Å². The zero-order valence-electron chi connectivity index (χ0n) is 17.3. The van der Waals surface area contributed by atoms with Crippen molar-refractivity contribution in [3.05, 3.63) is 83.6 Å². The molecule has 1 fully saturated rings. The maximum atomic E-state index is 8.62. The Morgan fingerprint density at radius 2 is 1.84 bits per heavy atom. The second kappa shape index (κ2) is 9.51. The first-order valence-corrected chi connectivity index (χ1v) is 10.2. The number of nitrogens with zero attached hydrogens (tertiary/aromatic N) is 3. The zero-order chi connectivity index (χ0) is 21.6. The zero-order valence-corrected chi connectivity index (χ0v) is 17.3. The van der Waals surface area contributed by atoms with Gasteiger partial charge in [-0.3, -0.25) is 10.3 Å². The molecule has 0 spiro atoms. The minimum atomic E-state index is 0.190. The predicted molar refractivity (Wildman–Crippen MR) is 123 cm³/mol. The van der Waals surface area contributed by atoms with Crippen LogP contribution in [0.5, 0.6) is 0 Å². The average molecular weight is 415 g/mol. The van der Waals surface area contributed by atoms with Gasteiger partial charge in [-0.05, 0) is 34.9 Å². The Kier molecular flexibility index (Phi) is 6.35. The summed E-state index contributed by atoms with van der Waals surface area (Å²) in [6.07, 6.45) is 6.76. The van der Waals surface area contributed by atoms with E-state index in [2.05, 4.69) is 27.0 Å². The van der Waals surface area contributed by atoms with Gasteiger partial charge in [0.1, 0.15) is 6.33 Å². The Balaban J connectivity index is 1.55. The van der Waals surface area contributed by atoms with Crippen LogP contribution in [0.25, 0.3) is 17.2 Å². The Bertz CT molecular complexity index is 1090. The van der Waals surface area contributed by atoms with Crippen LogP contribution < -0.4 is 11.5 Å². The third kappa shape index (κ3) is 5.14. The Morgan fingerprint density at radius 1 is 1.06 bits per heavy atom. The maximum absolute atomic E-state index is 8.62. The molecule has 5 N–H and O–H groups in total. The smallest absolute Gasteiger partial charge is 0.115 e. The summed E-state index contributed by atoms with van der Waals surface area (Å²) in [5.41, 5.74) is 18.0. The van der Waals surface area contributed by atoms with E-state index in [0.29, 0.717) is 16.9 Å². The molecular formula is C24H26N6O. The fourth-order valence-electron chi connectivity index (χ4n) is 3.61. The highest BCUT2D eigenvalue weighted by Gasteiger charge is 2.13. The van der Waals surface area contributed by atoms with Crippen LogP contribution in [0.1, 0.15) is 16.7 Å². The van der Waals surface area contributed by atoms with E-state index in [9.17, 15) is 0 Å². The number of rotatable bonds is 6. The first-order chi connectivity index (χ1) is 15.1. The van der Waals surface area contributed by atoms with Crippen molar-refractivity contribution in [3.8, 4) is 11.1 Å². The molecule has 3 aromatic rings. The average Bonchev–Trinajstić information content (AvgIpc) is 2.80. The van der Waals surface area contributed by atoms with E-state index in [1.807, 2.05) is 30.3 Å². The van der Waals surface area contributed by atoms with Crippen LogP contribution in [0.4, 0.5) is 5.69 Å². The normalized spacial score (nSPS) is 15.0. The molecule has 0 unspecified atom stereocenters. The van der Waals surface area contributed by atoms with E-state index in [0.717, 1.165) is 49.5 Å². The molecule has 0 aliphatic carbocycles. The van der Waals surface area contributed by atoms with Gasteiger partial charge in [0.15, 0.2) is 0 Å². The molecule has 2 aromatic carbocycles. The summed E-state index contributed by atoms with van der Waals surface area (Å²) in [6, 6.07) is 13.7. The van der Waals surface area contributed by atoms with Gasteiger partial charge in [-0.25, -0.2) is 9.97 Å². The number of nitrogens with two attached hydrogens (primary N) is 2. The highest BCUT2D eigenvalue weighted by Crippen LogP contribution is 2.24. The number of aromatic nitrogens is 2.